The molecular weight excluding hydrogens is 250 g/mol. The zero-order chi connectivity index (χ0) is 13.4. The SMILES string of the molecule is CCNC(c1ccccc1Cl)C(OCC)OCC. The minimum atomic E-state index is -0.320. The number of rotatable bonds is 8. The Bertz CT molecular complexity index is 340. The van der Waals surface area contributed by atoms with E-state index in [1.54, 1.807) is 0 Å². The van der Waals surface area contributed by atoms with Crippen LogP contribution in [-0.2, 0) is 9.47 Å². The molecule has 1 aromatic carbocycles. The van der Waals surface area contributed by atoms with E-state index in [-0.39, 0.29) is 12.3 Å². The maximum Gasteiger partial charge on any atom is 0.176 e. The molecule has 0 aliphatic carbocycles. The van der Waals surface area contributed by atoms with Crippen molar-refractivity contribution in [3.8, 4) is 0 Å². The zero-order valence-corrected chi connectivity index (χ0v) is 12.0. The summed E-state index contributed by atoms with van der Waals surface area (Å²) in [5.41, 5.74) is 1.01. The van der Waals surface area contributed by atoms with Crippen LogP contribution in [0.3, 0.4) is 0 Å². The molecule has 0 saturated heterocycles. The molecule has 1 atom stereocenters. The first kappa shape index (κ1) is 15.4. The van der Waals surface area contributed by atoms with Gasteiger partial charge in [0.1, 0.15) is 0 Å². The number of likely N-dealkylation sites (N-methyl/N-ethyl adjacent to an activating group) is 1. The Labute approximate surface area is 114 Å². The van der Waals surface area contributed by atoms with Crippen molar-refractivity contribution in [1.82, 2.24) is 5.32 Å². The van der Waals surface area contributed by atoms with Gasteiger partial charge in [-0.2, -0.15) is 0 Å². The third-order valence-electron chi connectivity index (χ3n) is 2.60. The standard InChI is InChI=1S/C14H22ClNO2/c1-4-16-13(14(17-5-2)18-6-3)11-9-7-8-10-12(11)15/h7-10,13-14,16H,4-6H2,1-3H3. The van der Waals surface area contributed by atoms with E-state index in [1.165, 1.54) is 0 Å². The number of hydrogen-bond donors (Lipinski definition) is 1. The summed E-state index contributed by atoms with van der Waals surface area (Å²) in [6.07, 6.45) is -0.320. The van der Waals surface area contributed by atoms with E-state index >= 15 is 0 Å². The lowest BCUT2D eigenvalue weighted by atomic mass is 10.1. The smallest absolute Gasteiger partial charge is 0.176 e. The Morgan fingerprint density at radius 3 is 2.22 bits per heavy atom. The van der Waals surface area contributed by atoms with E-state index in [2.05, 4.69) is 12.2 Å². The molecule has 18 heavy (non-hydrogen) atoms. The van der Waals surface area contributed by atoms with E-state index in [1.807, 2.05) is 38.1 Å². The first-order valence-corrected chi connectivity index (χ1v) is 6.83. The van der Waals surface area contributed by atoms with Gasteiger partial charge in [0, 0.05) is 18.2 Å². The van der Waals surface area contributed by atoms with E-state index in [0.717, 1.165) is 17.1 Å². The highest BCUT2D eigenvalue weighted by atomic mass is 35.5. The van der Waals surface area contributed by atoms with Gasteiger partial charge in [-0.25, -0.2) is 0 Å². The fraction of sp³-hybridized carbons (Fsp3) is 0.571. The van der Waals surface area contributed by atoms with Crippen molar-refractivity contribution in [3.05, 3.63) is 34.9 Å². The van der Waals surface area contributed by atoms with Crippen LogP contribution in [0.15, 0.2) is 24.3 Å². The molecule has 3 nitrogen and oxygen atoms in total. The first-order valence-electron chi connectivity index (χ1n) is 6.45. The normalized spacial score (nSPS) is 12.9. The molecule has 0 amide bonds. The van der Waals surface area contributed by atoms with E-state index in [9.17, 15) is 0 Å². The topological polar surface area (TPSA) is 30.5 Å². The Hall–Kier alpha value is -0.610. The quantitative estimate of drug-likeness (QED) is 0.735. The summed E-state index contributed by atoms with van der Waals surface area (Å²) in [5.74, 6) is 0. The van der Waals surface area contributed by atoms with Crippen molar-refractivity contribution in [2.75, 3.05) is 19.8 Å². The molecule has 1 aromatic rings. The zero-order valence-electron chi connectivity index (χ0n) is 11.3. The van der Waals surface area contributed by atoms with Gasteiger partial charge in [0.2, 0.25) is 0 Å². The van der Waals surface area contributed by atoms with Crippen LogP contribution in [0.5, 0.6) is 0 Å². The maximum atomic E-state index is 6.25. The number of ether oxygens (including phenoxy) is 2. The lowest BCUT2D eigenvalue weighted by Gasteiger charge is -2.28. The largest absolute Gasteiger partial charge is 0.351 e. The van der Waals surface area contributed by atoms with Crippen LogP contribution in [0, 0.1) is 0 Å². The van der Waals surface area contributed by atoms with Gasteiger partial charge < -0.3 is 14.8 Å². The van der Waals surface area contributed by atoms with Gasteiger partial charge in [0.05, 0.1) is 6.04 Å². The summed E-state index contributed by atoms with van der Waals surface area (Å²) in [7, 11) is 0. The van der Waals surface area contributed by atoms with Crippen LogP contribution in [0.4, 0.5) is 0 Å². The highest BCUT2D eigenvalue weighted by Crippen LogP contribution is 2.27. The van der Waals surface area contributed by atoms with Crippen molar-refractivity contribution in [3.63, 3.8) is 0 Å². The van der Waals surface area contributed by atoms with Gasteiger partial charge in [-0.1, -0.05) is 36.7 Å². The molecular formula is C14H22ClNO2. The van der Waals surface area contributed by atoms with Gasteiger partial charge >= 0.3 is 0 Å². The average molecular weight is 272 g/mol. The summed E-state index contributed by atoms with van der Waals surface area (Å²) in [5, 5.41) is 4.10. The Morgan fingerprint density at radius 1 is 1.11 bits per heavy atom. The molecule has 1 N–H and O–H groups in total. The molecule has 1 rings (SSSR count). The first-order chi connectivity index (χ1) is 8.74. The highest BCUT2D eigenvalue weighted by molar-refractivity contribution is 6.31. The van der Waals surface area contributed by atoms with Crippen molar-refractivity contribution in [1.29, 1.82) is 0 Å². The number of hydrogen-bond acceptors (Lipinski definition) is 3. The molecule has 0 bridgehead atoms. The Balaban J connectivity index is 2.95. The number of benzene rings is 1. The monoisotopic (exact) mass is 271 g/mol. The van der Waals surface area contributed by atoms with Gasteiger partial charge in [-0.05, 0) is 32.0 Å². The van der Waals surface area contributed by atoms with Crippen LogP contribution < -0.4 is 5.32 Å². The van der Waals surface area contributed by atoms with Gasteiger partial charge in [-0.15, -0.1) is 0 Å². The summed E-state index contributed by atoms with van der Waals surface area (Å²) in [6.45, 7) is 8.02. The van der Waals surface area contributed by atoms with Crippen molar-refractivity contribution in [2.45, 2.75) is 33.1 Å². The molecule has 0 fully saturated rings. The predicted octanol–water partition coefficient (Wildman–Crippen LogP) is 3.39. The summed E-state index contributed by atoms with van der Waals surface area (Å²) < 4.78 is 11.3. The molecule has 0 spiro atoms. The number of halogens is 1. The minimum Gasteiger partial charge on any atom is -0.351 e. The van der Waals surface area contributed by atoms with Gasteiger partial charge in [-0.3, -0.25) is 0 Å². The van der Waals surface area contributed by atoms with Crippen LogP contribution in [0.1, 0.15) is 32.4 Å². The lowest BCUT2D eigenvalue weighted by molar-refractivity contribution is -0.155. The minimum absolute atomic E-state index is 0.0522. The summed E-state index contributed by atoms with van der Waals surface area (Å²) >= 11 is 6.25. The number of nitrogens with one attached hydrogen (secondary N) is 1. The average Bonchev–Trinajstić information content (AvgIpc) is 2.37. The van der Waals surface area contributed by atoms with E-state index in [0.29, 0.717) is 13.2 Å². The predicted molar refractivity (Wildman–Crippen MR) is 74.9 cm³/mol. The fourth-order valence-corrected chi connectivity index (χ4v) is 2.12. The summed E-state index contributed by atoms with van der Waals surface area (Å²) in [6, 6.07) is 7.73. The third-order valence-corrected chi connectivity index (χ3v) is 2.94. The molecule has 0 aromatic heterocycles. The van der Waals surface area contributed by atoms with Gasteiger partial charge in [0.15, 0.2) is 6.29 Å². The molecule has 1 unspecified atom stereocenters. The second-order valence-electron chi connectivity index (χ2n) is 3.84. The molecule has 0 heterocycles. The van der Waals surface area contributed by atoms with Crippen LogP contribution in [0.2, 0.25) is 5.02 Å². The lowest BCUT2D eigenvalue weighted by Crippen LogP contribution is -2.36. The van der Waals surface area contributed by atoms with Crippen LogP contribution >= 0.6 is 11.6 Å². The maximum absolute atomic E-state index is 6.25. The molecule has 0 saturated carbocycles. The molecule has 0 aliphatic heterocycles. The van der Waals surface area contributed by atoms with E-state index < -0.39 is 0 Å². The Kier molecular flexibility index (Phi) is 7.28. The molecule has 102 valence electrons. The molecule has 0 radical (unpaired) electrons. The Morgan fingerprint density at radius 2 is 1.72 bits per heavy atom. The molecule has 0 aliphatic rings. The third kappa shape index (κ3) is 4.25. The second kappa shape index (κ2) is 8.48. The highest BCUT2D eigenvalue weighted by Gasteiger charge is 2.24. The summed E-state index contributed by atoms with van der Waals surface area (Å²) in [4.78, 5) is 0. The van der Waals surface area contributed by atoms with Crippen molar-refractivity contribution < 1.29 is 9.47 Å². The molecule has 4 heteroatoms. The second-order valence-corrected chi connectivity index (χ2v) is 4.24. The van der Waals surface area contributed by atoms with E-state index in [4.69, 9.17) is 21.1 Å². The van der Waals surface area contributed by atoms with Crippen LogP contribution in [0.25, 0.3) is 0 Å². The van der Waals surface area contributed by atoms with Crippen molar-refractivity contribution >= 4 is 11.6 Å². The fourth-order valence-electron chi connectivity index (χ4n) is 1.87. The van der Waals surface area contributed by atoms with Crippen LogP contribution in [-0.4, -0.2) is 26.0 Å². The van der Waals surface area contributed by atoms with Gasteiger partial charge in [0.25, 0.3) is 0 Å². The van der Waals surface area contributed by atoms with Crippen molar-refractivity contribution in [2.24, 2.45) is 0 Å².